The van der Waals surface area contributed by atoms with Crippen molar-refractivity contribution in [1.82, 2.24) is 14.5 Å². The molecule has 1 N–H and O–H groups in total. The first-order valence-electron chi connectivity index (χ1n) is 12.5. The first kappa shape index (κ1) is 29.2. The molecular weight excluding hydrogens is 559 g/mol. The van der Waals surface area contributed by atoms with Crippen molar-refractivity contribution in [3.63, 3.8) is 0 Å². The van der Waals surface area contributed by atoms with E-state index in [0.29, 0.717) is 35.0 Å². The van der Waals surface area contributed by atoms with Crippen LogP contribution in [-0.4, -0.2) is 35.8 Å². The number of carbonyl (C=O) groups excluding carboxylic acids is 1. The monoisotopic (exact) mass is 586 g/mol. The highest BCUT2D eigenvalue weighted by molar-refractivity contribution is 7.92. The van der Waals surface area contributed by atoms with Gasteiger partial charge >= 0.3 is 0 Å². The van der Waals surface area contributed by atoms with Crippen LogP contribution in [0.2, 0.25) is 5.02 Å². The van der Waals surface area contributed by atoms with Gasteiger partial charge in [0.25, 0.3) is 15.6 Å². The Kier molecular flexibility index (Phi) is 8.55. The molecule has 12 heteroatoms. The van der Waals surface area contributed by atoms with Crippen molar-refractivity contribution in [3.8, 4) is 17.0 Å². The third-order valence-electron chi connectivity index (χ3n) is 6.82. The fourth-order valence-electron chi connectivity index (χ4n) is 4.32. The molecule has 40 heavy (non-hydrogen) atoms. The van der Waals surface area contributed by atoms with Crippen LogP contribution in [0, 0.1) is 17.7 Å². The van der Waals surface area contributed by atoms with Gasteiger partial charge in [-0.05, 0) is 47.9 Å². The minimum Gasteiger partial charge on any atom is -0.480 e. The second-order valence-electron chi connectivity index (χ2n) is 9.48. The van der Waals surface area contributed by atoms with Gasteiger partial charge in [0.1, 0.15) is 22.2 Å². The van der Waals surface area contributed by atoms with Gasteiger partial charge in [-0.2, -0.15) is 0 Å². The quantitative estimate of drug-likeness (QED) is 0.267. The smallest absolute Gasteiger partial charge is 0.263 e. The van der Waals surface area contributed by atoms with E-state index in [2.05, 4.69) is 14.7 Å². The standard InChI is InChI=1S/C28H28ClFN4O5S/c1-5-25(35)17(3)16(2)14-34-15-32-23-8-6-18(10-21(23)28(34)36)19-11-24(27(39-4)31-13-19)33-40(37,38)26-9-7-20(30)12-22(26)29/h6-13,15-17,33H,5,14H2,1-4H3. The number of Topliss-reactive ketones (excluding diaryl/α,β-unsaturated/α-hetero) is 1. The Hall–Kier alpha value is -3.83. The number of nitrogens with zero attached hydrogens (tertiary/aromatic N) is 3. The van der Waals surface area contributed by atoms with E-state index in [0.717, 1.165) is 18.2 Å². The highest BCUT2D eigenvalue weighted by atomic mass is 35.5. The van der Waals surface area contributed by atoms with E-state index in [4.69, 9.17) is 16.3 Å². The summed E-state index contributed by atoms with van der Waals surface area (Å²) in [6.45, 7) is 5.94. The Labute approximate surface area is 236 Å². The molecule has 0 spiro atoms. The number of rotatable bonds is 10. The molecule has 0 aliphatic heterocycles. The van der Waals surface area contributed by atoms with E-state index < -0.39 is 15.8 Å². The number of halogens is 2. The number of carbonyl (C=O) groups is 1. The van der Waals surface area contributed by atoms with E-state index in [1.165, 1.54) is 30.3 Å². The Bertz CT molecular complexity index is 1760. The summed E-state index contributed by atoms with van der Waals surface area (Å²) >= 11 is 5.98. The number of anilines is 1. The summed E-state index contributed by atoms with van der Waals surface area (Å²) in [5, 5.41) is 0.0781. The van der Waals surface area contributed by atoms with Gasteiger partial charge in [-0.1, -0.05) is 38.4 Å². The van der Waals surface area contributed by atoms with Crippen LogP contribution in [0.25, 0.3) is 22.0 Å². The van der Waals surface area contributed by atoms with Gasteiger partial charge in [-0.3, -0.25) is 18.9 Å². The maximum Gasteiger partial charge on any atom is 0.263 e. The molecule has 4 rings (SSSR count). The summed E-state index contributed by atoms with van der Waals surface area (Å²) < 4.78 is 48.6. The van der Waals surface area contributed by atoms with Crippen molar-refractivity contribution in [2.24, 2.45) is 11.8 Å². The molecule has 0 saturated carbocycles. The van der Waals surface area contributed by atoms with Gasteiger partial charge in [-0.15, -0.1) is 0 Å². The number of hydrogen-bond acceptors (Lipinski definition) is 7. The zero-order valence-corrected chi connectivity index (χ0v) is 23.9. The van der Waals surface area contributed by atoms with Crippen LogP contribution in [-0.2, 0) is 21.4 Å². The van der Waals surface area contributed by atoms with Crippen molar-refractivity contribution in [2.45, 2.75) is 38.6 Å². The lowest BCUT2D eigenvalue weighted by atomic mass is 9.90. The third-order valence-corrected chi connectivity index (χ3v) is 8.67. The average Bonchev–Trinajstić information content (AvgIpc) is 2.93. The van der Waals surface area contributed by atoms with Gasteiger partial charge in [0.2, 0.25) is 5.88 Å². The fraction of sp³-hybridized carbons (Fsp3) is 0.286. The van der Waals surface area contributed by atoms with Crippen LogP contribution in [0.1, 0.15) is 27.2 Å². The molecule has 2 aromatic heterocycles. The van der Waals surface area contributed by atoms with E-state index in [1.54, 1.807) is 18.2 Å². The van der Waals surface area contributed by atoms with Crippen molar-refractivity contribution < 1.29 is 22.3 Å². The van der Waals surface area contributed by atoms with Gasteiger partial charge in [-0.25, -0.2) is 22.8 Å². The van der Waals surface area contributed by atoms with Crippen LogP contribution in [0.4, 0.5) is 10.1 Å². The zero-order valence-electron chi connectivity index (χ0n) is 22.3. The lowest BCUT2D eigenvalue weighted by molar-refractivity contribution is -0.123. The zero-order chi connectivity index (χ0) is 29.2. The number of methoxy groups -OCH3 is 1. The molecule has 0 fully saturated rings. The number of pyridine rings is 1. The SMILES string of the molecule is CCC(=O)C(C)C(C)Cn1cnc2ccc(-c3cnc(OC)c(NS(=O)(=O)c4ccc(F)cc4Cl)c3)cc2c1=O. The van der Waals surface area contributed by atoms with E-state index in [9.17, 15) is 22.4 Å². The Morgan fingerprint density at radius 3 is 2.55 bits per heavy atom. The van der Waals surface area contributed by atoms with Crippen LogP contribution < -0.4 is 15.0 Å². The van der Waals surface area contributed by atoms with Gasteiger partial charge in [0.15, 0.2) is 0 Å². The van der Waals surface area contributed by atoms with Crippen LogP contribution in [0.15, 0.2) is 64.7 Å². The number of benzene rings is 2. The largest absolute Gasteiger partial charge is 0.480 e. The summed E-state index contributed by atoms with van der Waals surface area (Å²) in [5.41, 5.74) is 1.33. The molecule has 2 heterocycles. The Balaban J connectivity index is 1.71. The molecule has 0 saturated heterocycles. The normalized spacial score (nSPS) is 13.2. The van der Waals surface area contributed by atoms with E-state index >= 15 is 0 Å². The lowest BCUT2D eigenvalue weighted by Gasteiger charge is -2.19. The summed E-state index contributed by atoms with van der Waals surface area (Å²) in [6.07, 6.45) is 3.40. The summed E-state index contributed by atoms with van der Waals surface area (Å²) in [7, 11) is -2.88. The molecule has 0 bridgehead atoms. The topological polar surface area (TPSA) is 120 Å². The molecule has 0 radical (unpaired) electrons. The van der Waals surface area contributed by atoms with Crippen molar-refractivity contribution in [2.75, 3.05) is 11.8 Å². The number of aromatic nitrogens is 3. The molecule has 9 nitrogen and oxygen atoms in total. The second-order valence-corrected chi connectivity index (χ2v) is 11.5. The van der Waals surface area contributed by atoms with Crippen LogP contribution >= 0.6 is 11.6 Å². The van der Waals surface area contributed by atoms with Crippen molar-refractivity contribution >= 4 is 44.0 Å². The van der Waals surface area contributed by atoms with Gasteiger partial charge in [0.05, 0.1) is 29.4 Å². The van der Waals surface area contributed by atoms with Crippen molar-refractivity contribution in [3.05, 3.63) is 76.2 Å². The number of nitrogens with one attached hydrogen (secondary N) is 1. The third kappa shape index (κ3) is 6.00. The first-order valence-corrected chi connectivity index (χ1v) is 14.4. The molecule has 2 unspecified atom stereocenters. The number of ketones is 1. The summed E-state index contributed by atoms with van der Waals surface area (Å²) in [5.74, 6) is -0.801. The number of sulfonamides is 1. The predicted octanol–water partition coefficient (Wildman–Crippen LogP) is 5.31. The lowest BCUT2D eigenvalue weighted by Crippen LogP contribution is -2.28. The molecule has 2 aromatic carbocycles. The molecule has 210 valence electrons. The molecule has 0 aliphatic carbocycles. The van der Waals surface area contributed by atoms with Gasteiger partial charge < -0.3 is 4.74 Å². The number of hydrogen-bond donors (Lipinski definition) is 1. The first-order chi connectivity index (χ1) is 18.9. The number of fused-ring (bicyclic) bond motifs is 1. The molecular formula is C28H28ClFN4O5S. The van der Waals surface area contributed by atoms with E-state index in [1.807, 2.05) is 20.8 Å². The number of ether oxygens (including phenoxy) is 1. The van der Waals surface area contributed by atoms with Crippen LogP contribution in [0.5, 0.6) is 5.88 Å². The maximum absolute atomic E-state index is 13.5. The molecule has 4 aromatic rings. The second kappa shape index (κ2) is 11.7. The predicted molar refractivity (Wildman–Crippen MR) is 152 cm³/mol. The minimum absolute atomic E-state index is 0.0000968. The Morgan fingerprint density at radius 1 is 1.12 bits per heavy atom. The highest BCUT2D eigenvalue weighted by Gasteiger charge is 2.22. The highest BCUT2D eigenvalue weighted by Crippen LogP contribution is 2.32. The molecule has 2 atom stereocenters. The summed E-state index contributed by atoms with van der Waals surface area (Å²) in [4.78, 5) is 33.8. The van der Waals surface area contributed by atoms with Crippen molar-refractivity contribution in [1.29, 1.82) is 0 Å². The maximum atomic E-state index is 13.5. The summed E-state index contributed by atoms with van der Waals surface area (Å²) in [6, 6.07) is 9.55. The minimum atomic E-state index is -4.22. The average molecular weight is 587 g/mol. The molecule has 0 amide bonds. The van der Waals surface area contributed by atoms with Crippen LogP contribution in [0.3, 0.4) is 0 Å². The fourth-order valence-corrected chi connectivity index (χ4v) is 5.90. The van der Waals surface area contributed by atoms with Gasteiger partial charge in [0, 0.05) is 30.6 Å². The van der Waals surface area contributed by atoms with E-state index in [-0.39, 0.29) is 44.7 Å². The Morgan fingerprint density at radius 2 is 1.88 bits per heavy atom. The molecule has 0 aliphatic rings.